The fourth-order valence-corrected chi connectivity index (χ4v) is 1.86. The number of likely N-dealkylation sites (N-methyl/N-ethyl adjacent to an activating group) is 1. The van der Waals surface area contributed by atoms with Crippen molar-refractivity contribution in [1.29, 1.82) is 0 Å². The Morgan fingerprint density at radius 2 is 2.10 bits per heavy atom. The van der Waals surface area contributed by atoms with E-state index in [1.807, 2.05) is 25.5 Å². The van der Waals surface area contributed by atoms with Crippen molar-refractivity contribution in [3.05, 3.63) is 17.0 Å². The average Bonchev–Trinajstić information content (AvgIpc) is 2.66. The highest BCUT2D eigenvalue weighted by molar-refractivity contribution is 5.73. The Kier molecular flexibility index (Phi) is 5.97. The first-order valence-corrected chi connectivity index (χ1v) is 6.65. The maximum atomic E-state index is 11.7. The van der Waals surface area contributed by atoms with Crippen molar-refractivity contribution in [2.24, 2.45) is 0 Å². The highest BCUT2D eigenvalue weighted by Crippen LogP contribution is 2.10. The molecule has 1 rings (SSSR count). The molecule has 0 saturated heterocycles. The van der Waals surface area contributed by atoms with E-state index >= 15 is 0 Å². The molecule has 3 N–H and O–H groups in total. The maximum absolute atomic E-state index is 11.7. The van der Waals surface area contributed by atoms with E-state index in [0.29, 0.717) is 13.1 Å². The van der Waals surface area contributed by atoms with Crippen molar-refractivity contribution < 1.29 is 15.0 Å². The summed E-state index contributed by atoms with van der Waals surface area (Å²) in [6.45, 7) is 6.78. The van der Waals surface area contributed by atoms with Gasteiger partial charge in [-0.3, -0.25) is 4.68 Å². The number of aromatic nitrogens is 2. The number of urea groups is 1. The van der Waals surface area contributed by atoms with Crippen molar-refractivity contribution in [2.45, 2.75) is 33.4 Å². The Morgan fingerprint density at radius 3 is 2.60 bits per heavy atom. The van der Waals surface area contributed by atoms with Gasteiger partial charge in [0.2, 0.25) is 0 Å². The summed E-state index contributed by atoms with van der Waals surface area (Å²) in [5.74, 6) is 0. The van der Waals surface area contributed by atoms with Gasteiger partial charge in [0.05, 0.1) is 31.5 Å². The molecule has 0 radical (unpaired) electrons. The van der Waals surface area contributed by atoms with E-state index < -0.39 is 6.10 Å². The fraction of sp³-hybridized carbons (Fsp3) is 0.692. The van der Waals surface area contributed by atoms with E-state index in [0.717, 1.165) is 11.4 Å². The molecule has 0 fully saturated rings. The number of aryl methyl sites for hydroxylation is 1. The summed E-state index contributed by atoms with van der Waals surface area (Å²) in [7, 11) is 1.57. The first-order valence-electron chi connectivity index (χ1n) is 6.65. The lowest BCUT2D eigenvalue weighted by molar-refractivity contribution is 0.0732. The van der Waals surface area contributed by atoms with Crippen LogP contribution in [-0.2, 0) is 6.54 Å². The molecule has 114 valence electrons. The number of nitrogens with zero attached hydrogens (tertiary/aromatic N) is 3. The van der Waals surface area contributed by atoms with Gasteiger partial charge in [-0.05, 0) is 26.3 Å². The van der Waals surface area contributed by atoms with Crippen molar-refractivity contribution in [3.8, 4) is 0 Å². The summed E-state index contributed by atoms with van der Waals surface area (Å²) in [6.07, 6.45) is -0.913. The second-order valence-corrected chi connectivity index (χ2v) is 4.97. The minimum absolute atomic E-state index is 0.0986. The molecule has 1 atom stereocenters. The monoisotopic (exact) mass is 284 g/mol. The summed E-state index contributed by atoms with van der Waals surface area (Å²) in [5, 5.41) is 25.1. The number of hydrogen-bond donors (Lipinski definition) is 3. The quantitative estimate of drug-likeness (QED) is 0.675. The molecule has 0 saturated carbocycles. The van der Waals surface area contributed by atoms with E-state index in [2.05, 4.69) is 10.4 Å². The first-order chi connectivity index (χ1) is 9.36. The molecule has 1 aromatic rings. The number of rotatable bonds is 6. The predicted octanol–water partition coefficient (Wildman–Crippen LogP) is -0.197. The molecule has 0 unspecified atom stereocenters. The van der Waals surface area contributed by atoms with Crippen LogP contribution in [0, 0.1) is 20.8 Å². The summed E-state index contributed by atoms with van der Waals surface area (Å²) in [4.78, 5) is 13.1. The summed E-state index contributed by atoms with van der Waals surface area (Å²) in [6, 6.07) is -0.282. The van der Waals surface area contributed by atoms with Gasteiger partial charge in [0, 0.05) is 19.3 Å². The van der Waals surface area contributed by atoms with Gasteiger partial charge >= 0.3 is 6.03 Å². The molecule has 7 nitrogen and oxygen atoms in total. The zero-order valence-electron chi connectivity index (χ0n) is 12.6. The summed E-state index contributed by atoms with van der Waals surface area (Å²) in [5.41, 5.74) is 3.26. The van der Waals surface area contributed by atoms with Crippen LogP contribution in [0.15, 0.2) is 0 Å². The zero-order chi connectivity index (χ0) is 15.3. The number of carbonyl (C=O) groups excluding carboxylic acids is 1. The van der Waals surface area contributed by atoms with Crippen LogP contribution in [0.5, 0.6) is 0 Å². The molecule has 0 aliphatic rings. The molecule has 0 spiro atoms. The van der Waals surface area contributed by atoms with E-state index in [4.69, 9.17) is 5.11 Å². The highest BCUT2D eigenvalue weighted by atomic mass is 16.3. The average molecular weight is 284 g/mol. The van der Waals surface area contributed by atoms with Gasteiger partial charge in [0.15, 0.2) is 0 Å². The lowest BCUT2D eigenvalue weighted by Gasteiger charge is -2.20. The number of nitrogens with one attached hydrogen (secondary N) is 1. The van der Waals surface area contributed by atoms with Crippen LogP contribution >= 0.6 is 0 Å². The van der Waals surface area contributed by atoms with E-state index in [-0.39, 0.29) is 19.2 Å². The summed E-state index contributed by atoms with van der Waals surface area (Å²) >= 11 is 0. The third-order valence-electron chi connectivity index (χ3n) is 3.39. The Labute approximate surface area is 119 Å². The van der Waals surface area contributed by atoms with Crippen molar-refractivity contribution >= 4 is 6.03 Å². The highest BCUT2D eigenvalue weighted by Gasteiger charge is 2.13. The Bertz CT molecular complexity index is 459. The molecule has 0 aliphatic carbocycles. The molecule has 2 amide bonds. The third-order valence-corrected chi connectivity index (χ3v) is 3.39. The lowest BCUT2D eigenvalue weighted by atomic mass is 10.2. The smallest absolute Gasteiger partial charge is 0.317 e. The van der Waals surface area contributed by atoms with Crippen LogP contribution in [0.2, 0.25) is 0 Å². The second-order valence-electron chi connectivity index (χ2n) is 4.97. The third kappa shape index (κ3) is 4.21. The Morgan fingerprint density at radius 1 is 1.45 bits per heavy atom. The lowest BCUT2D eigenvalue weighted by Crippen LogP contribution is -2.43. The second kappa shape index (κ2) is 7.25. The molecular formula is C13H24N4O3. The molecule has 0 bridgehead atoms. The van der Waals surface area contributed by atoms with E-state index in [1.54, 1.807) is 7.05 Å². The van der Waals surface area contributed by atoms with Crippen LogP contribution in [0.25, 0.3) is 0 Å². The van der Waals surface area contributed by atoms with Gasteiger partial charge < -0.3 is 20.4 Å². The first kappa shape index (κ1) is 16.5. The van der Waals surface area contributed by atoms with Crippen molar-refractivity contribution in [2.75, 3.05) is 26.7 Å². The van der Waals surface area contributed by atoms with Gasteiger partial charge in [-0.25, -0.2) is 4.79 Å². The Balaban J connectivity index is 2.40. The number of aliphatic hydroxyl groups excluding tert-OH is 2. The van der Waals surface area contributed by atoms with Crippen LogP contribution in [-0.4, -0.2) is 63.8 Å². The van der Waals surface area contributed by atoms with Gasteiger partial charge in [-0.15, -0.1) is 0 Å². The number of amides is 2. The molecule has 20 heavy (non-hydrogen) atoms. The van der Waals surface area contributed by atoms with E-state index in [9.17, 15) is 9.90 Å². The van der Waals surface area contributed by atoms with Crippen molar-refractivity contribution in [1.82, 2.24) is 20.0 Å². The minimum Gasteiger partial charge on any atom is -0.394 e. The number of aliphatic hydroxyl groups is 2. The van der Waals surface area contributed by atoms with Crippen LogP contribution in [0.1, 0.15) is 17.0 Å². The van der Waals surface area contributed by atoms with Gasteiger partial charge in [0.25, 0.3) is 0 Å². The Hall–Kier alpha value is -1.60. The summed E-state index contributed by atoms with van der Waals surface area (Å²) < 4.78 is 1.87. The number of carbonyl (C=O) groups is 1. The molecule has 0 aromatic carbocycles. The van der Waals surface area contributed by atoms with Gasteiger partial charge in [0.1, 0.15) is 0 Å². The van der Waals surface area contributed by atoms with Crippen LogP contribution in [0.4, 0.5) is 4.79 Å². The van der Waals surface area contributed by atoms with Gasteiger partial charge in [-0.2, -0.15) is 5.10 Å². The largest absolute Gasteiger partial charge is 0.394 e. The van der Waals surface area contributed by atoms with Crippen LogP contribution in [0.3, 0.4) is 0 Å². The minimum atomic E-state index is -0.913. The molecule has 0 aliphatic heterocycles. The standard InChI is InChI=1S/C13H24N4O3/c1-9-10(2)15-17(11(9)3)6-5-14-13(20)16(4)7-12(19)8-18/h12,18-19H,5-8H2,1-4H3,(H,14,20)/t12-/m0/s1. The maximum Gasteiger partial charge on any atom is 0.317 e. The number of hydrogen-bond acceptors (Lipinski definition) is 4. The van der Waals surface area contributed by atoms with E-state index in [1.165, 1.54) is 10.5 Å². The molecule has 1 aromatic heterocycles. The SMILES string of the molecule is Cc1nn(CCNC(=O)N(C)C[C@H](O)CO)c(C)c1C. The predicted molar refractivity (Wildman–Crippen MR) is 75.6 cm³/mol. The van der Waals surface area contributed by atoms with Crippen molar-refractivity contribution in [3.63, 3.8) is 0 Å². The molecule has 7 heteroatoms. The zero-order valence-corrected chi connectivity index (χ0v) is 12.6. The topological polar surface area (TPSA) is 90.6 Å². The fourth-order valence-electron chi connectivity index (χ4n) is 1.86. The normalized spacial score (nSPS) is 12.3. The van der Waals surface area contributed by atoms with Crippen LogP contribution < -0.4 is 5.32 Å². The molecular weight excluding hydrogens is 260 g/mol. The van der Waals surface area contributed by atoms with Gasteiger partial charge in [-0.1, -0.05) is 0 Å². The molecule has 1 heterocycles.